The Kier molecular flexibility index (Phi) is 6.20. The molecule has 0 radical (unpaired) electrons. The Morgan fingerprint density at radius 1 is 1.04 bits per heavy atom. The van der Waals surface area contributed by atoms with E-state index in [9.17, 15) is 23.2 Å². The minimum atomic E-state index is -0.540. The molecule has 0 unspecified atom stereocenters. The first-order chi connectivity index (χ1) is 13.5. The van der Waals surface area contributed by atoms with Gasteiger partial charge in [-0.1, -0.05) is 36.4 Å². The fraction of sp³-hybridized carbons (Fsp3) is 0.150. The highest BCUT2D eigenvalue weighted by Gasteiger charge is 2.34. The van der Waals surface area contributed by atoms with Gasteiger partial charge in [-0.3, -0.25) is 19.3 Å². The maximum Gasteiger partial charge on any atom is 0.293 e. The van der Waals surface area contributed by atoms with Crippen molar-refractivity contribution in [3.63, 3.8) is 0 Å². The number of hydrogen-bond acceptors (Lipinski definition) is 4. The molecule has 1 heterocycles. The van der Waals surface area contributed by atoms with Gasteiger partial charge in [-0.05, 0) is 35.5 Å². The lowest BCUT2D eigenvalue weighted by Gasteiger charge is -2.13. The summed E-state index contributed by atoms with van der Waals surface area (Å²) in [6, 6.07) is 11.9. The van der Waals surface area contributed by atoms with Crippen LogP contribution in [-0.2, 0) is 16.0 Å². The van der Waals surface area contributed by atoms with Crippen molar-refractivity contribution in [2.75, 3.05) is 13.1 Å². The van der Waals surface area contributed by atoms with E-state index in [4.69, 9.17) is 0 Å². The number of rotatable bonds is 6. The minimum Gasteiger partial charge on any atom is -0.354 e. The number of nitrogens with zero attached hydrogens (tertiary/aromatic N) is 1. The second-order valence-electron chi connectivity index (χ2n) is 5.97. The molecule has 1 saturated heterocycles. The largest absolute Gasteiger partial charge is 0.354 e. The normalized spacial score (nSPS) is 15.4. The van der Waals surface area contributed by atoms with Crippen LogP contribution >= 0.6 is 11.8 Å². The molecular weight excluding hydrogens is 386 g/mol. The maximum absolute atomic E-state index is 13.7. The number of nitrogens with one attached hydrogen (secondary N) is 1. The maximum atomic E-state index is 13.7. The quantitative estimate of drug-likeness (QED) is 0.753. The molecule has 1 aliphatic rings. The van der Waals surface area contributed by atoms with E-state index in [-0.39, 0.29) is 35.5 Å². The van der Waals surface area contributed by atoms with Gasteiger partial charge in [-0.15, -0.1) is 0 Å². The monoisotopic (exact) mass is 402 g/mol. The average Bonchev–Trinajstić information content (AvgIpc) is 2.93. The predicted octanol–water partition coefficient (Wildman–Crippen LogP) is 3.36. The summed E-state index contributed by atoms with van der Waals surface area (Å²) in [5.74, 6) is -1.92. The topological polar surface area (TPSA) is 66.5 Å². The summed E-state index contributed by atoms with van der Waals surface area (Å²) in [5.41, 5.74) is 0.477. The Morgan fingerprint density at radius 3 is 2.43 bits per heavy atom. The molecule has 1 fully saturated rings. The number of carbonyl (C=O) groups is 3. The van der Waals surface area contributed by atoms with E-state index in [1.807, 2.05) is 0 Å². The molecule has 0 atom stereocenters. The number of halogens is 2. The van der Waals surface area contributed by atoms with Crippen LogP contribution in [0.1, 0.15) is 11.1 Å². The Morgan fingerprint density at radius 2 is 1.71 bits per heavy atom. The van der Waals surface area contributed by atoms with Gasteiger partial charge in [0.1, 0.15) is 11.6 Å². The summed E-state index contributed by atoms with van der Waals surface area (Å²) in [7, 11) is 0. The molecule has 0 aromatic heterocycles. The third kappa shape index (κ3) is 4.64. The second kappa shape index (κ2) is 8.79. The molecule has 0 aliphatic carbocycles. The van der Waals surface area contributed by atoms with Gasteiger partial charge in [0, 0.05) is 18.7 Å². The molecule has 2 aromatic carbocycles. The van der Waals surface area contributed by atoms with E-state index in [0.29, 0.717) is 0 Å². The molecular formula is C20H16F2N2O3S. The van der Waals surface area contributed by atoms with Crippen LogP contribution in [0.5, 0.6) is 0 Å². The van der Waals surface area contributed by atoms with Crippen LogP contribution in [0.25, 0.3) is 6.08 Å². The van der Waals surface area contributed by atoms with E-state index < -0.39 is 28.7 Å². The first kappa shape index (κ1) is 19.8. The number of imide groups is 1. The standard InChI is InChI=1S/C20H16F2N2O3S/c21-15-7-3-1-5-13(15)11-17-19(26)24(20(27)28-17)10-9-23-18(25)12-14-6-2-4-8-16(14)22/h1-8,11H,9-10,12H2,(H,23,25)/b17-11-. The van der Waals surface area contributed by atoms with Gasteiger partial charge in [0.2, 0.25) is 5.91 Å². The van der Waals surface area contributed by atoms with Crippen molar-refractivity contribution in [2.45, 2.75) is 6.42 Å². The van der Waals surface area contributed by atoms with Gasteiger partial charge in [-0.25, -0.2) is 8.78 Å². The van der Waals surface area contributed by atoms with Gasteiger partial charge in [-0.2, -0.15) is 0 Å². The van der Waals surface area contributed by atoms with Gasteiger partial charge >= 0.3 is 0 Å². The SMILES string of the molecule is O=C(Cc1ccccc1F)NCCN1C(=O)S/C(=C\c2ccccc2F)C1=O. The molecule has 1 N–H and O–H groups in total. The van der Waals surface area contributed by atoms with Gasteiger partial charge in [0.25, 0.3) is 11.1 Å². The summed E-state index contributed by atoms with van der Waals surface area (Å²) in [6.07, 6.45) is 1.19. The molecule has 0 spiro atoms. The Hall–Kier alpha value is -3.00. The van der Waals surface area contributed by atoms with Crippen LogP contribution in [0, 0.1) is 11.6 Å². The highest BCUT2D eigenvalue weighted by molar-refractivity contribution is 8.18. The molecule has 144 valence electrons. The summed E-state index contributed by atoms with van der Waals surface area (Å²) >= 11 is 0.718. The summed E-state index contributed by atoms with van der Waals surface area (Å²) in [4.78, 5) is 37.5. The molecule has 28 heavy (non-hydrogen) atoms. The van der Waals surface area contributed by atoms with Gasteiger partial charge in [0.15, 0.2) is 0 Å². The zero-order valence-corrected chi connectivity index (χ0v) is 15.5. The van der Waals surface area contributed by atoms with Gasteiger partial charge < -0.3 is 5.32 Å². The minimum absolute atomic E-state index is 0.0255. The van der Waals surface area contributed by atoms with E-state index in [0.717, 1.165) is 16.7 Å². The molecule has 8 heteroatoms. The lowest BCUT2D eigenvalue weighted by Crippen LogP contribution is -2.37. The van der Waals surface area contributed by atoms with Crippen molar-refractivity contribution >= 4 is 34.9 Å². The summed E-state index contributed by atoms with van der Waals surface area (Å²) < 4.78 is 27.3. The lowest BCUT2D eigenvalue weighted by atomic mass is 10.1. The molecule has 3 amide bonds. The first-order valence-electron chi connectivity index (χ1n) is 8.45. The Bertz CT molecular complexity index is 962. The number of carbonyl (C=O) groups excluding carboxylic acids is 3. The van der Waals surface area contributed by atoms with E-state index in [2.05, 4.69) is 5.32 Å². The molecule has 0 saturated carbocycles. The predicted molar refractivity (Wildman–Crippen MR) is 102 cm³/mol. The van der Waals surface area contributed by atoms with E-state index >= 15 is 0 Å². The number of benzene rings is 2. The summed E-state index contributed by atoms with van der Waals surface area (Å²) in [6.45, 7) is 0.0145. The average molecular weight is 402 g/mol. The number of amides is 3. The van der Waals surface area contributed by atoms with Crippen molar-refractivity contribution < 1.29 is 23.2 Å². The van der Waals surface area contributed by atoms with E-state index in [1.54, 1.807) is 12.1 Å². The van der Waals surface area contributed by atoms with Crippen LogP contribution < -0.4 is 5.32 Å². The summed E-state index contributed by atoms with van der Waals surface area (Å²) in [5, 5.41) is 2.07. The second-order valence-corrected chi connectivity index (χ2v) is 6.97. The fourth-order valence-corrected chi connectivity index (χ4v) is 3.47. The van der Waals surface area contributed by atoms with Crippen LogP contribution in [0.15, 0.2) is 53.4 Å². The fourth-order valence-electron chi connectivity index (χ4n) is 2.61. The van der Waals surface area contributed by atoms with Crippen LogP contribution in [0.4, 0.5) is 13.6 Å². The molecule has 0 bridgehead atoms. The lowest BCUT2D eigenvalue weighted by molar-refractivity contribution is -0.124. The van der Waals surface area contributed by atoms with Crippen molar-refractivity contribution in [3.8, 4) is 0 Å². The molecule has 2 aromatic rings. The van der Waals surface area contributed by atoms with Crippen LogP contribution in [0.2, 0.25) is 0 Å². The molecule has 5 nitrogen and oxygen atoms in total. The van der Waals surface area contributed by atoms with Crippen LogP contribution in [-0.4, -0.2) is 35.0 Å². The zero-order valence-electron chi connectivity index (χ0n) is 14.7. The van der Waals surface area contributed by atoms with E-state index in [1.165, 1.54) is 42.5 Å². The number of hydrogen-bond donors (Lipinski definition) is 1. The third-order valence-electron chi connectivity index (χ3n) is 4.03. The van der Waals surface area contributed by atoms with Gasteiger partial charge in [0.05, 0.1) is 11.3 Å². The van der Waals surface area contributed by atoms with Crippen molar-refractivity contribution in [2.24, 2.45) is 0 Å². The van der Waals surface area contributed by atoms with Crippen LogP contribution in [0.3, 0.4) is 0 Å². The molecule has 3 rings (SSSR count). The zero-order chi connectivity index (χ0) is 20.1. The van der Waals surface area contributed by atoms with Crippen molar-refractivity contribution in [1.82, 2.24) is 10.2 Å². The van der Waals surface area contributed by atoms with Crippen molar-refractivity contribution in [3.05, 3.63) is 76.2 Å². The Balaban J connectivity index is 1.56. The van der Waals surface area contributed by atoms with Crippen molar-refractivity contribution in [1.29, 1.82) is 0 Å². The first-order valence-corrected chi connectivity index (χ1v) is 9.27. The number of thioether (sulfide) groups is 1. The Labute approximate surface area is 164 Å². The third-order valence-corrected chi connectivity index (χ3v) is 4.94. The highest BCUT2D eigenvalue weighted by atomic mass is 32.2. The smallest absolute Gasteiger partial charge is 0.293 e. The highest BCUT2D eigenvalue weighted by Crippen LogP contribution is 2.32. The molecule has 1 aliphatic heterocycles.